The quantitative estimate of drug-likeness (QED) is 0.889. The van der Waals surface area contributed by atoms with Crippen molar-refractivity contribution < 1.29 is 9.90 Å². The van der Waals surface area contributed by atoms with E-state index >= 15 is 0 Å². The number of hydrogen-bond acceptors (Lipinski definition) is 4. The van der Waals surface area contributed by atoms with Crippen LogP contribution >= 0.6 is 0 Å². The average Bonchev–Trinajstić information content (AvgIpc) is 2.45. The molecule has 0 unspecified atom stereocenters. The van der Waals surface area contributed by atoms with E-state index < -0.39 is 0 Å². The molecule has 0 bridgehead atoms. The monoisotopic (exact) mass is 269 g/mol. The van der Waals surface area contributed by atoms with E-state index in [1.54, 1.807) is 29.4 Å². The zero-order valence-electron chi connectivity index (χ0n) is 10.9. The summed E-state index contributed by atoms with van der Waals surface area (Å²) in [5.41, 5.74) is 2.50. The molecule has 1 aromatic carbocycles. The Labute approximate surface area is 116 Å². The number of nitrogens with one attached hydrogen (secondary N) is 1. The number of anilines is 2. The molecule has 0 radical (unpaired) electrons. The Morgan fingerprint density at radius 2 is 1.70 bits per heavy atom. The fraction of sp³-hybridized carbons (Fsp3) is 0.200. The summed E-state index contributed by atoms with van der Waals surface area (Å²) in [4.78, 5) is 17.6. The molecule has 0 spiro atoms. The van der Waals surface area contributed by atoms with E-state index in [1.165, 1.54) is 0 Å². The van der Waals surface area contributed by atoms with E-state index in [9.17, 15) is 9.90 Å². The van der Waals surface area contributed by atoms with E-state index in [1.807, 2.05) is 24.3 Å². The lowest BCUT2D eigenvalue weighted by molar-refractivity contribution is 0.00590. The third-order valence-corrected chi connectivity index (χ3v) is 3.25. The first-order valence-electron chi connectivity index (χ1n) is 6.47. The molecular weight excluding hydrogens is 254 g/mol. The van der Waals surface area contributed by atoms with Crippen molar-refractivity contribution in [2.45, 2.75) is 6.10 Å². The number of carbonyl (C=O) groups is 1. The molecule has 0 aliphatic carbocycles. The van der Waals surface area contributed by atoms with Gasteiger partial charge < -0.3 is 15.3 Å². The summed E-state index contributed by atoms with van der Waals surface area (Å²) in [7, 11) is 0. The number of likely N-dealkylation sites (tertiary alicyclic amines) is 1. The van der Waals surface area contributed by atoms with Crippen molar-refractivity contribution in [3.05, 3.63) is 54.4 Å². The molecule has 20 heavy (non-hydrogen) atoms. The first-order valence-corrected chi connectivity index (χ1v) is 6.47. The van der Waals surface area contributed by atoms with Crippen LogP contribution in [0.3, 0.4) is 0 Å². The third-order valence-electron chi connectivity index (χ3n) is 3.25. The van der Waals surface area contributed by atoms with Crippen LogP contribution in [0, 0.1) is 0 Å². The van der Waals surface area contributed by atoms with Crippen molar-refractivity contribution >= 4 is 17.3 Å². The van der Waals surface area contributed by atoms with Gasteiger partial charge in [-0.1, -0.05) is 0 Å². The summed E-state index contributed by atoms with van der Waals surface area (Å²) in [6.45, 7) is 0.853. The van der Waals surface area contributed by atoms with Crippen LogP contribution in [-0.4, -0.2) is 40.1 Å². The van der Waals surface area contributed by atoms with Crippen molar-refractivity contribution in [1.29, 1.82) is 0 Å². The summed E-state index contributed by atoms with van der Waals surface area (Å²) in [6, 6.07) is 11.1. The van der Waals surface area contributed by atoms with Gasteiger partial charge in [0, 0.05) is 42.4 Å². The van der Waals surface area contributed by atoms with E-state index in [4.69, 9.17) is 0 Å². The smallest absolute Gasteiger partial charge is 0.254 e. The van der Waals surface area contributed by atoms with Crippen molar-refractivity contribution in [2.24, 2.45) is 0 Å². The lowest BCUT2D eigenvalue weighted by atomic mass is 10.1. The predicted octanol–water partition coefficient (Wildman–Crippen LogP) is 1.64. The zero-order chi connectivity index (χ0) is 13.9. The van der Waals surface area contributed by atoms with Crippen LogP contribution in [0.5, 0.6) is 0 Å². The minimum atomic E-state index is -0.369. The number of aromatic nitrogens is 1. The highest BCUT2D eigenvalue weighted by molar-refractivity contribution is 5.95. The Kier molecular flexibility index (Phi) is 3.35. The minimum Gasteiger partial charge on any atom is -0.389 e. The molecule has 5 nitrogen and oxygen atoms in total. The average molecular weight is 269 g/mol. The van der Waals surface area contributed by atoms with Gasteiger partial charge in [0.05, 0.1) is 6.10 Å². The standard InChI is InChI=1S/C15H15N3O2/c19-14-9-18(10-14)15(20)11-1-3-12(4-2-11)17-13-5-7-16-8-6-13/h1-8,14,19H,9-10H2,(H,16,17). The number of β-amino-alcohol motifs (C(OH)–C–C–N with tert-alkyl or cyclic N) is 1. The van der Waals surface area contributed by atoms with E-state index in [2.05, 4.69) is 10.3 Å². The van der Waals surface area contributed by atoms with Crippen molar-refractivity contribution in [1.82, 2.24) is 9.88 Å². The lowest BCUT2D eigenvalue weighted by Crippen LogP contribution is -2.53. The lowest BCUT2D eigenvalue weighted by Gasteiger charge is -2.35. The number of aliphatic hydroxyl groups excluding tert-OH is 1. The SMILES string of the molecule is O=C(c1ccc(Nc2ccncc2)cc1)N1CC(O)C1. The molecule has 2 aromatic rings. The number of carbonyl (C=O) groups excluding carboxylic acids is 1. The molecule has 102 valence electrons. The number of aliphatic hydroxyl groups is 1. The van der Waals surface area contributed by atoms with Gasteiger partial charge in [-0.05, 0) is 36.4 Å². The molecule has 0 saturated carbocycles. The van der Waals surface area contributed by atoms with Gasteiger partial charge in [-0.2, -0.15) is 0 Å². The Morgan fingerprint density at radius 1 is 1.10 bits per heavy atom. The fourth-order valence-electron chi connectivity index (χ4n) is 2.10. The van der Waals surface area contributed by atoms with Gasteiger partial charge in [0.25, 0.3) is 5.91 Å². The molecule has 1 aromatic heterocycles. The molecule has 0 atom stereocenters. The Bertz CT molecular complexity index is 592. The molecule has 1 fully saturated rings. The molecule has 1 amide bonds. The molecule has 3 rings (SSSR count). The Balaban J connectivity index is 1.67. The van der Waals surface area contributed by atoms with Gasteiger partial charge in [0.2, 0.25) is 0 Å². The van der Waals surface area contributed by atoms with Gasteiger partial charge in [-0.3, -0.25) is 9.78 Å². The van der Waals surface area contributed by atoms with Crippen LogP contribution < -0.4 is 5.32 Å². The molecular formula is C15H15N3O2. The highest BCUT2D eigenvalue weighted by Crippen LogP contribution is 2.18. The van der Waals surface area contributed by atoms with Crippen LogP contribution in [0.2, 0.25) is 0 Å². The van der Waals surface area contributed by atoms with E-state index in [0.717, 1.165) is 11.4 Å². The normalized spacial score (nSPS) is 14.8. The van der Waals surface area contributed by atoms with E-state index in [-0.39, 0.29) is 12.0 Å². The number of hydrogen-bond donors (Lipinski definition) is 2. The summed E-state index contributed by atoms with van der Waals surface area (Å²) >= 11 is 0. The maximum Gasteiger partial charge on any atom is 0.254 e. The maximum atomic E-state index is 12.0. The number of pyridine rings is 1. The van der Waals surface area contributed by atoms with Crippen molar-refractivity contribution in [3.8, 4) is 0 Å². The van der Waals surface area contributed by atoms with Crippen LogP contribution in [0.15, 0.2) is 48.8 Å². The predicted molar refractivity (Wildman–Crippen MR) is 75.9 cm³/mol. The number of rotatable bonds is 3. The van der Waals surface area contributed by atoms with Crippen LogP contribution in [0.1, 0.15) is 10.4 Å². The minimum absolute atomic E-state index is 0.0363. The summed E-state index contributed by atoms with van der Waals surface area (Å²) < 4.78 is 0. The second-order valence-corrected chi connectivity index (χ2v) is 4.80. The van der Waals surface area contributed by atoms with Gasteiger partial charge in [0.1, 0.15) is 0 Å². The summed E-state index contributed by atoms with van der Waals surface area (Å²) in [5, 5.41) is 12.4. The first kappa shape index (κ1) is 12.6. The van der Waals surface area contributed by atoms with Gasteiger partial charge in [-0.25, -0.2) is 0 Å². The van der Waals surface area contributed by atoms with Gasteiger partial charge >= 0.3 is 0 Å². The molecule has 2 heterocycles. The second kappa shape index (κ2) is 5.30. The number of benzene rings is 1. The Hall–Kier alpha value is -2.40. The molecule has 1 aliphatic rings. The van der Waals surface area contributed by atoms with E-state index in [0.29, 0.717) is 18.7 Å². The van der Waals surface area contributed by atoms with Gasteiger partial charge in [-0.15, -0.1) is 0 Å². The van der Waals surface area contributed by atoms with Crippen LogP contribution in [0.4, 0.5) is 11.4 Å². The summed E-state index contributed by atoms with van der Waals surface area (Å²) in [5.74, 6) is -0.0363. The molecule has 5 heteroatoms. The topological polar surface area (TPSA) is 65.5 Å². The zero-order valence-corrected chi connectivity index (χ0v) is 10.9. The molecule has 1 saturated heterocycles. The second-order valence-electron chi connectivity index (χ2n) is 4.80. The number of amides is 1. The van der Waals surface area contributed by atoms with Crippen molar-refractivity contribution in [2.75, 3.05) is 18.4 Å². The maximum absolute atomic E-state index is 12.0. The largest absolute Gasteiger partial charge is 0.389 e. The van der Waals surface area contributed by atoms with Crippen LogP contribution in [-0.2, 0) is 0 Å². The molecule has 2 N–H and O–H groups in total. The summed E-state index contributed by atoms with van der Waals surface area (Å²) in [6.07, 6.45) is 3.07. The first-order chi connectivity index (χ1) is 9.72. The van der Waals surface area contributed by atoms with Crippen molar-refractivity contribution in [3.63, 3.8) is 0 Å². The molecule has 1 aliphatic heterocycles. The van der Waals surface area contributed by atoms with Crippen LogP contribution in [0.25, 0.3) is 0 Å². The third kappa shape index (κ3) is 2.62. The highest BCUT2D eigenvalue weighted by atomic mass is 16.3. The fourth-order valence-corrected chi connectivity index (χ4v) is 2.10. The number of nitrogens with zero attached hydrogens (tertiary/aromatic N) is 2. The van der Waals surface area contributed by atoms with Gasteiger partial charge in [0.15, 0.2) is 0 Å². The highest BCUT2D eigenvalue weighted by Gasteiger charge is 2.29. The Morgan fingerprint density at radius 3 is 2.30 bits per heavy atom.